The topological polar surface area (TPSA) is 46.2 Å². The van der Waals surface area contributed by atoms with Crippen molar-refractivity contribution in [3.8, 4) is 11.8 Å². The van der Waals surface area contributed by atoms with Crippen LogP contribution >= 0.6 is 12.4 Å². The molecule has 0 aromatic heterocycles. The maximum Gasteiger partial charge on any atom is 0.314 e. The quantitative estimate of drug-likeness (QED) is 0.831. The molecule has 0 bridgehead atoms. The molecule has 0 radical (unpaired) electrons. The Morgan fingerprint density at radius 1 is 1.36 bits per heavy atom. The molecular weight excluding hydrogens is 315 g/mol. The van der Waals surface area contributed by atoms with E-state index in [2.05, 4.69) is 11.8 Å². The second-order valence-electron chi connectivity index (χ2n) is 5.69. The van der Waals surface area contributed by atoms with Gasteiger partial charge in [0.05, 0.1) is 5.56 Å². The third-order valence-corrected chi connectivity index (χ3v) is 3.57. The van der Waals surface area contributed by atoms with E-state index in [1.54, 1.807) is 0 Å². The molecule has 1 fully saturated rings. The molecule has 0 aliphatic heterocycles. The van der Waals surface area contributed by atoms with Crippen molar-refractivity contribution in [2.24, 2.45) is 11.7 Å². The molecule has 2 nitrogen and oxygen atoms in total. The maximum absolute atomic E-state index is 14.5. The molecule has 22 heavy (non-hydrogen) atoms. The molecule has 1 aliphatic rings. The van der Waals surface area contributed by atoms with Gasteiger partial charge in [-0.2, -0.15) is 8.78 Å². The van der Waals surface area contributed by atoms with Crippen LogP contribution in [0.1, 0.15) is 43.9 Å². The van der Waals surface area contributed by atoms with E-state index in [0.717, 1.165) is 25.8 Å². The summed E-state index contributed by atoms with van der Waals surface area (Å²) in [5.41, 5.74) is 2.04. The minimum Gasteiger partial charge on any atom is -0.372 e. The summed E-state index contributed by atoms with van der Waals surface area (Å²) in [5, 5.41) is 10.0. The van der Waals surface area contributed by atoms with Crippen molar-refractivity contribution in [3.05, 3.63) is 35.1 Å². The average molecular weight is 334 g/mol. The highest BCUT2D eigenvalue weighted by molar-refractivity contribution is 5.85. The number of halogens is 4. The molecule has 2 rings (SSSR count). The predicted molar refractivity (Wildman–Crippen MR) is 81.3 cm³/mol. The number of rotatable bonds is 3. The van der Waals surface area contributed by atoms with Crippen molar-refractivity contribution < 1.29 is 18.3 Å². The maximum atomic E-state index is 14.5. The molecule has 0 spiro atoms. The van der Waals surface area contributed by atoms with Crippen LogP contribution in [0.25, 0.3) is 0 Å². The highest BCUT2D eigenvalue weighted by atomic mass is 35.5. The second kappa shape index (κ2) is 6.49. The van der Waals surface area contributed by atoms with Crippen molar-refractivity contribution in [2.75, 3.05) is 0 Å². The standard InChI is InChI=1S/C16H18F3NO.ClH/c1-10(20)12-4-3-5-13(14(12)17)16(18,19)15(2,21)9-8-11-6-7-11;/h3-5,10-11,21H,6-7,20H2,1-2H3;1H/t10-,15-;/m1./s1. The van der Waals surface area contributed by atoms with E-state index < -0.39 is 28.9 Å². The Hall–Kier alpha value is -1.22. The van der Waals surface area contributed by atoms with Crippen LogP contribution in [0.3, 0.4) is 0 Å². The lowest BCUT2D eigenvalue weighted by molar-refractivity contribution is -0.148. The van der Waals surface area contributed by atoms with Crippen molar-refractivity contribution in [1.29, 1.82) is 0 Å². The molecule has 2 atom stereocenters. The van der Waals surface area contributed by atoms with E-state index in [0.29, 0.717) is 0 Å². The first-order valence-electron chi connectivity index (χ1n) is 6.84. The SMILES string of the molecule is C[C@@H](N)c1cccc(C(F)(F)[C@](C)(O)C#CC2CC2)c1F.Cl. The lowest BCUT2D eigenvalue weighted by atomic mass is 9.89. The zero-order chi connectivity index (χ0) is 15.8. The van der Waals surface area contributed by atoms with Gasteiger partial charge in [0.2, 0.25) is 0 Å². The van der Waals surface area contributed by atoms with Gasteiger partial charge < -0.3 is 10.8 Å². The Labute approximate surface area is 134 Å². The zero-order valence-corrected chi connectivity index (χ0v) is 13.2. The molecule has 0 unspecified atom stereocenters. The Kier molecular flexibility index (Phi) is 5.56. The van der Waals surface area contributed by atoms with Crippen LogP contribution in [0.5, 0.6) is 0 Å². The summed E-state index contributed by atoms with van der Waals surface area (Å²) >= 11 is 0. The average Bonchev–Trinajstić information content (AvgIpc) is 3.20. The van der Waals surface area contributed by atoms with E-state index >= 15 is 0 Å². The summed E-state index contributed by atoms with van der Waals surface area (Å²) in [6.45, 7) is 2.41. The van der Waals surface area contributed by atoms with Crippen molar-refractivity contribution in [1.82, 2.24) is 0 Å². The van der Waals surface area contributed by atoms with Crippen LogP contribution < -0.4 is 5.73 Å². The third-order valence-electron chi connectivity index (χ3n) is 3.57. The smallest absolute Gasteiger partial charge is 0.314 e. The fourth-order valence-corrected chi connectivity index (χ4v) is 1.95. The van der Waals surface area contributed by atoms with Gasteiger partial charge in [0, 0.05) is 17.5 Å². The molecule has 1 saturated carbocycles. The van der Waals surface area contributed by atoms with E-state index in [-0.39, 0.29) is 23.9 Å². The van der Waals surface area contributed by atoms with Crippen molar-refractivity contribution >= 4 is 12.4 Å². The second-order valence-corrected chi connectivity index (χ2v) is 5.69. The van der Waals surface area contributed by atoms with Gasteiger partial charge in [-0.3, -0.25) is 0 Å². The van der Waals surface area contributed by atoms with Gasteiger partial charge >= 0.3 is 5.92 Å². The first-order chi connectivity index (χ1) is 9.67. The van der Waals surface area contributed by atoms with Crippen LogP contribution in [0.15, 0.2) is 18.2 Å². The lowest BCUT2D eigenvalue weighted by Crippen LogP contribution is -2.42. The Balaban J connectivity index is 0.00000242. The minimum atomic E-state index is -3.83. The molecule has 0 amide bonds. The molecule has 1 aromatic carbocycles. The Morgan fingerprint density at radius 3 is 2.45 bits per heavy atom. The van der Waals surface area contributed by atoms with Gasteiger partial charge in [0.15, 0.2) is 5.60 Å². The number of aliphatic hydroxyl groups is 1. The monoisotopic (exact) mass is 333 g/mol. The van der Waals surface area contributed by atoms with Crippen molar-refractivity contribution in [3.63, 3.8) is 0 Å². The Bertz CT molecular complexity index is 601. The highest BCUT2D eigenvalue weighted by Crippen LogP contribution is 2.41. The van der Waals surface area contributed by atoms with Gasteiger partial charge in [-0.15, -0.1) is 12.4 Å². The highest BCUT2D eigenvalue weighted by Gasteiger charge is 2.51. The fraction of sp³-hybridized carbons (Fsp3) is 0.500. The van der Waals surface area contributed by atoms with Crippen LogP contribution in [-0.2, 0) is 5.92 Å². The summed E-state index contributed by atoms with van der Waals surface area (Å²) in [6, 6.07) is 2.89. The van der Waals surface area contributed by atoms with Crippen LogP contribution in [0.4, 0.5) is 13.2 Å². The Morgan fingerprint density at radius 2 is 1.95 bits per heavy atom. The number of nitrogens with two attached hydrogens (primary N) is 1. The van der Waals surface area contributed by atoms with E-state index in [1.807, 2.05) is 0 Å². The summed E-state index contributed by atoms with van der Waals surface area (Å²) in [4.78, 5) is 0. The van der Waals surface area contributed by atoms with Crippen LogP contribution in [-0.4, -0.2) is 10.7 Å². The fourth-order valence-electron chi connectivity index (χ4n) is 1.95. The largest absolute Gasteiger partial charge is 0.372 e. The van der Waals surface area contributed by atoms with Gasteiger partial charge in [-0.25, -0.2) is 4.39 Å². The number of benzene rings is 1. The van der Waals surface area contributed by atoms with Crippen molar-refractivity contribution in [2.45, 2.75) is 44.3 Å². The molecule has 0 heterocycles. The summed E-state index contributed by atoms with van der Waals surface area (Å²) < 4.78 is 43.2. The predicted octanol–water partition coefficient (Wildman–Crippen LogP) is 3.52. The molecule has 3 N–H and O–H groups in total. The summed E-state index contributed by atoms with van der Waals surface area (Å²) in [6.07, 6.45) is 1.70. The molecule has 0 saturated heterocycles. The molecule has 1 aromatic rings. The first-order valence-corrected chi connectivity index (χ1v) is 6.84. The van der Waals surface area contributed by atoms with Crippen LogP contribution in [0.2, 0.25) is 0 Å². The third kappa shape index (κ3) is 3.57. The van der Waals surface area contributed by atoms with E-state index in [1.165, 1.54) is 19.1 Å². The zero-order valence-electron chi connectivity index (χ0n) is 12.4. The molecular formula is C16H19ClF3NO. The van der Waals surface area contributed by atoms with E-state index in [9.17, 15) is 18.3 Å². The number of hydrogen-bond donors (Lipinski definition) is 2. The van der Waals surface area contributed by atoms with Gasteiger partial charge in [-0.05, 0) is 32.8 Å². The molecule has 122 valence electrons. The van der Waals surface area contributed by atoms with Gasteiger partial charge in [0.25, 0.3) is 0 Å². The number of hydrogen-bond acceptors (Lipinski definition) is 2. The van der Waals surface area contributed by atoms with Gasteiger partial charge in [-0.1, -0.05) is 24.0 Å². The summed E-state index contributed by atoms with van der Waals surface area (Å²) in [5.74, 6) is -0.0630. The van der Waals surface area contributed by atoms with E-state index in [4.69, 9.17) is 5.73 Å². The first kappa shape index (κ1) is 18.8. The van der Waals surface area contributed by atoms with Gasteiger partial charge in [0.1, 0.15) is 5.82 Å². The molecule has 6 heteroatoms. The minimum absolute atomic E-state index is 0. The van der Waals surface area contributed by atoms with Crippen LogP contribution in [0, 0.1) is 23.6 Å². The summed E-state index contributed by atoms with van der Waals surface area (Å²) in [7, 11) is 0. The normalized spacial score (nSPS) is 18.5. The lowest BCUT2D eigenvalue weighted by Gasteiger charge is -2.29. The number of alkyl halides is 2. The molecule has 1 aliphatic carbocycles.